The zero-order valence-corrected chi connectivity index (χ0v) is 27.0. The monoisotopic (exact) mass is 625 g/mol. The maximum Gasteiger partial charge on any atom is 0.264 e. The molecule has 2 aromatic carbocycles. The summed E-state index contributed by atoms with van der Waals surface area (Å²) < 4.78 is 24.3. The fourth-order valence-corrected chi connectivity index (χ4v) is 7.05. The number of nitrogens with one attached hydrogen (secondary N) is 1. The molecule has 1 fully saturated rings. The van der Waals surface area contributed by atoms with Gasteiger partial charge >= 0.3 is 0 Å². The zero-order chi connectivity index (χ0) is 31.7. The summed E-state index contributed by atoms with van der Waals surface area (Å²) >= 11 is -1.66. The maximum atomic E-state index is 14.1. The lowest BCUT2D eigenvalue weighted by atomic mass is 9.81. The number of benzene rings is 2. The number of methoxy groups -OCH3 is 1. The molecule has 1 unspecified atom stereocenters. The maximum absolute atomic E-state index is 14.1. The van der Waals surface area contributed by atoms with Crippen molar-refractivity contribution in [2.45, 2.75) is 51.1 Å². The second-order valence-corrected chi connectivity index (χ2v) is 13.4. The molecule has 234 valence electrons. The van der Waals surface area contributed by atoms with Crippen LogP contribution in [-0.2, 0) is 29.1 Å². The summed E-state index contributed by atoms with van der Waals surface area (Å²) in [4.78, 5) is 33.4. The van der Waals surface area contributed by atoms with Crippen LogP contribution in [0.25, 0.3) is 28.2 Å². The number of hydrogen-bond acceptors (Lipinski definition) is 5. The van der Waals surface area contributed by atoms with Crippen LogP contribution in [0.15, 0.2) is 66.4 Å². The molecule has 2 aliphatic rings. The molecule has 9 nitrogen and oxygen atoms in total. The number of likely N-dealkylation sites (N-methyl/N-ethyl adjacent to an activating group) is 1. The third kappa shape index (κ3) is 6.17. The Bertz CT molecular complexity index is 1810. The van der Waals surface area contributed by atoms with Crippen molar-refractivity contribution in [2.24, 2.45) is 0 Å². The van der Waals surface area contributed by atoms with E-state index in [-0.39, 0.29) is 5.91 Å². The Morgan fingerprint density at radius 3 is 2.56 bits per heavy atom. The van der Waals surface area contributed by atoms with Gasteiger partial charge < -0.3 is 14.2 Å². The van der Waals surface area contributed by atoms with Crippen molar-refractivity contribution in [1.29, 1.82) is 0 Å². The quantitative estimate of drug-likeness (QED) is 0.272. The van der Waals surface area contributed by atoms with Crippen LogP contribution in [0.2, 0.25) is 0 Å². The Hall–Kier alpha value is -4.28. The molecule has 3 heterocycles. The van der Waals surface area contributed by atoms with Crippen LogP contribution in [0.4, 0.5) is 0 Å². The van der Waals surface area contributed by atoms with Crippen molar-refractivity contribution in [3.05, 3.63) is 88.8 Å². The number of nitrogens with zero attached hydrogens (tertiary/aromatic N) is 4. The zero-order valence-electron chi connectivity index (χ0n) is 26.2. The Labute approximate surface area is 266 Å². The van der Waals surface area contributed by atoms with Gasteiger partial charge in [0.25, 0.3) is 11.8 Å². The first-order chi connectivity index (χ1) is 21.7. The molecule has 1 aliphatic carbocycles. The Kier molecular flexibility index (Phi) is 8.87. The Morgan fingerprint density at radius 2 is 1.84 bits per heavy atom. The summed E-state index contributed by atoms with van der Waals surface area (Å²) in [5.74, 6) is 0.561. The molecule has 1 saturated carbocycles. The van der Waals surface area contributed by atoms with Gasteiger partial charge in [-0.05, 0) is 78.4 Å². The number of hydrogen-bond donors (Lipinski definition) is 1. The number of carbonyl (C=O) groups is 2. The molecule has 1 N–H and O–H groups in total. The van der Waals surface area contributed by atoms with E-state index < -0.39 is 17.1 Å². The van der Waals surface area contributed by atoms with E-state index in [1.807, 2.05) is 54.6 Å². The highest BCUT2D eigenvalue weighted by Crippen LogP contribution is 2.47. The molecule has 6 rings (SSSR count). The van der Waals surface area contributed by atoms with Crippen LogP contribution >= 0.6 is 0 Å². The molecule has 0 bridgehead atoms. The van der Waals surface area contributed by atoms with E-state index in [4.69, 9.17) is 4.74 Å². The van der Waals surface area contributed by atoms with Crippen LogP contribution in [0, 0.1) is 0 Å². The third-order valence-electron chi connectivity index (χ3n) is 8.81. The Balaban J connectivity index is 1.52. The molecule has 1 atom stereocenters. The number of pyridine rings is 1. The summed E-state index contributed by atoms with van der Waals surface area (Å²) in [5.41, 5.74) is 7.02. The normalized spacial score (nSPS) is 15.5. The lowest BCUT2D eigenvalue weighted by Crippen LogP contribution is -2.34. The van der Waals surface area contributed by atoms with E-state index in [0.29, 0.717) is 30.1 Å². The smallest absolute Gasteiger partial charge is 0.264 e. The topological polar surface area (TPSA) is 96.8 Å². The second kappa shape index (κ2) is 13.0. The van der Waals surface area contributed by atoms with Crippen LogP contribution in [-0.4, -0.2) is 63.0 Å². The van der Waals surface area contributed by atoms with Crippen LogP contribution < -0.4 is 9.46 Å². The fourth-order valence-electron chi connectivity index (χ4n) is 6.59. The van der Waals surface area contributed by atoms with E-state index in [1.165, 1.54) is 29.1 Å². The van der Waals surface area contributed by atoms with Crippen molar-refractivity contribution in [3.8, 4) is 17.0 Å². The minimum atomic E-state index is -1.66. The van der Waals surface area contributed by atoms with Crippen LogP contribution in [0.1, 0.15) is 65.2 Å². The van der Waals surface area contributed by atoms with Crippen molar-refractivity contribution in [2.75, 3.05) is 28.3 Å². The van der Waals surface area contributed by atoms with Crippen molar-refractivity contribution >= 4 is 40.0 Å². The number of fused-ring (bicyclic) bond motifs is 5. The minimum absolute atomic E-state index is 0.0985. The lowest BCUT2D eigenvalue weighted by molar-refractivity contribution is -0.126. The van der Waals surface area contributed by atoms with Crippen LogP contribution in [0.5, 0.6) is 5.75 Å². The molecule has 0 radical (unpaired) electrons. The largest absolute Gasteiger partial charge is 0.497 e. The molecular weight excluding hydrogens is 586 g/mol. The van der Waals surface area contributed by atoms with E-state index in [1.54, 1.807) is 39.3 Å². The molecule has 2 amide bonds. The van der Waals surface area contributed by atoms with Gasteiger partial charge in [0, 0.05) is 54.9 Å². The average Bonchev–Trinajstić information content (AvgIpc) is 3.27. The van der Waals surface area contributed by atoms with E-state index in [9.17, 15) is 13.8 Å². The molecule has 0 spiro atoms. The molecule has 2 aromatic heterocycles. The summed E-state index contributed by atoms with van der Waals surface area (Å²) in [7, 11) is 6.73. The highest BCUT2D eigenvalue weighted by atomic mass is 32.2. The third-order valence-corrected chi connectivity index (χ3v) is 9.83. The molecular formula is C35H39N5O4S. The highest BCUT2D eigenvalue weighted by molar-refractivity contribution is 7.81. The van der Waals surface area contributed by atoms with Gasteiger partial charge in [0.2, 0.25) is 0 Å². The van der Waals surface area contributed by atoms with Gasteiger partial charge in [-0.25, -0.2) is 8.51 Å². The van der Waals surface area contributed by atoms with Crippen LogP contribution in [0.3, 0.4) is 0 Å². The lowest BCUT2D eigenvalue weighted by Gasteiger charge is -2.24. The molecule has 0 saturated heterocycles. The number of ether oxygens (including phenoxy) is 1. The first kappa shape index (κ1) is 30.7. The van der Waals surface area contributed by atoms with Gasteiger partial charge in [0.1, 0.15) is 5.75 Å². The first-order valence-electron chi connectivity index (χ1n) is 15.4. The van der Waals surface area contributed by atoms with Crippen molar-refractivity contribution in [1.82, 2.24) is 23.5 Å². The highest BCUT2D eigenvalue weighted by Gasteiger charge is 2.31. The van der Waals surface area contributed by atoms with Crippen molar-refractivity contribution < 1.29 is 18.5 Å². The minimum Gasteiger partial charge on any atom is -0.497 e. The number of aromatic nitrogens is 2. The number of rotatable bonds is 8. The number of amides is 2. The summed E-state index contributed by atoms with van der Waals surface area (Å²) in [6.45, 7) is 0.706. The van der Waals surface area contributed by atoms with Gasteiger partial charge in [0.05, 0.1) is 31.6 Å². The predicted octanol–water partition coefficient (Wildman–Crippen LogP) is 5.69. The first-order valence-corrected chi connectivity index (χ1v) is 16.5. The summed E-state index contributed by atoms with van der Waals surface area (Å²) in [6, 6.07) is 17.4. The second-order valence-electron chi connectivity index (χ2n) is 12.0. The van der Waals surface area contributed by atoms with Crippen molar-refractivity contribution in [3.63, 3.8) is 0 Å². The van der Waals surface area contributed by atoms with Gasteiger partial charge in [0.15, 0.2) is 11.2 Å². The standard InChI is InChI=1S/C35H39N5O4S/c1-38(2)45(43)37-34(41)24-13-15-30-31(20-24)40-21-26(35(42)39(3)22-27-12-8-9-17-36-27)18-25-19-28(44-4)14-16-29(25)33(40)32(30)23-10-6-5-7-11-23/h8-9,12-20,23H,5-7,10-11,21-22H2,1-4H3,(H,37,41). The summed E-state index contributed by atoms with van der Waals surface area (Å²) in [5, 5.41) is 1.08. The molecule has 4 aromatic rings. The van der Waals surface area contributed by atoms with Gasteiger partial charge in [-0.3, -0.25) is 19.3 Å². The molecule has 1 aliphatic heterocycles. The van der Waals surface area contributed by atoms with Gasteiger partial charge in [-0.1, -0.05) is 31.4 Å². The Morgan fingerprint density at radius 1 is 1.04 bits per heavy atom. The average molecular weight is 626 g/mol. The predicted molar refractivity (Wildman–Crippen MR) is 178 cm³/mol. The SMILES string of the molecule is COc1ccc2c(c1)C=C(C(=O)N(C)Cc1ccccn1)Cn1c-2c(C2CCCCC2)c2ccc(C(=O)NS(=O)N(C)C)cc21. The molecule has 10 heteroatoms. The van der Waals surface area contributed by atoms with E-state index in [0.717, 1.165) is 52.0 Å². The molecule has 45 heavy (non-hydrogen) atoms. The summed E-state index contributed by atoms with van der Waals surface area (Å²) in [6.07, 6.45) is 9.46. The van der Waals surface area contributed by atoms with E-state index in [2.05, 4.69) is 20.3 Å². The van der Waals surface area contributed by atoms with E-state index >= 15 is 0 Å². The number of carbonyl (C=O) groups excluding carboxylic acids is 2. The fraction of sp³-hybridized carbons (Fsp3) is 0.343. The van der Waals surface area contributed by atoms with Gasteiger partial charge in [-0.2, -0.15) is 0 Å². The van der Waals surface area contributed by atoms with Gasteiger partial charge in [-0.15, -0.1) is 0 Å².